The van der Waals surface area contributed by atoms with Crippen LogP contribution in [-0.2, 0) is 20.5 Å². The summed E-state index contributed by atoms with van der Waals surface area (Å²) >= 11 is 6.60. The van der Waals surface area contributed by atoms with Crippen LogP contribution in [0.3, 0.4) is 0 Å². The Balaban J connectivity index is 1.46. The quantitative estimate of drug-likeness (QED) is 0.205. The second kappa shape index (κ2) is 7.95. The van der Waals surface area contributed by atoms with Gasteiger partial charge >= 0.3 is 17.3 Å². The van der Waals surface area contributed by atoms with Crippen molar-refractivity contribution in [3.8, 4) is 23.4 Å². The molecule has 0 saturated heterocycles. The summed E-state index contributed by atoms with van der Waals surface area (Å²) in [6, 6.07) is 3.19. The lowest BCUT2D eigenvalue weighted by Gasteiger charge is -2.10. The minimum Gasteiger partial charge on any atom is -0.710 e. The summed E-state index contributed by atoms with van der Waals surface area (Å²) in [5, 5.41) is 23.8. The van der Waals surface area contributed by atoms with Crippen molar-refractivity contribution in [2.24, 2.45) is 14.1 Å². The molecule has 13 nitrogen and oxygen atoms in total. The van der Waals surface area contributed by atoms with Crippen LogP contribution in [0.5, 0.6) is 23.4 Å². The number of aryl methyl sites for hydroxylation is 3. The van der Waals surface area contributed by atoms with Crippen LogP contribution in [0.4, 0.5) is 0 Å². The van der Waals surface area contributed by atoms with Crippen LogP contribution in [0.15, 0.2) is 37.2 Å². The Morgan fingerprint density at radius 2 is 1.69 bits per heavy atom. The highest BCUT2D eigenvalue weighted by Gasteiger charge is 2.22. The zero-order valence-corrected chi connectivity index (χ0v) is 20.1. The monoisotopic (exact) mass is 508 g/mol. The summed E-state index contributed by atoms with van der Waals surface area (Å²) in [6.07, 6.45) is 6.38. The highest BCUT2D eigenvalue weighted by molar-refractivity contribution is 6.36. The summed E-state index contributed by atoms with van der Waals surface area (Å²) in [5.41, 5.74) is 2.97. The summed E-state index contributed by atoms with van der Waals surface area (Å²) in [7, 11) is 3.49. The lowest BCUT2D eigenvalue weighted by Crippen LogP contribution is -2.32. The number of imidazole rings is 2. The molecule has 0 bridgehead atoms. The summed E-state index contributed by atoms with van der Waals surface area (Å²) < 4.78 is 16.8. The van der Waals surface area contributed by atoms with Crippen LogP contribution in [0.1, 0.15) is 12.6 Å². The number of ether oxygens (including phenoxy) is 2. The normalized spacial score (nSPS) is 11.7. The van der Waals surface area contributed by atoms with E-state index in [1.54, 1.807) is 41.7 Å². The van der Waals surface area contributed by atoms with Crippen molar-refractivity contribution in [1.82, 2.24) is 34.1 Å². The Hall–Kier alpha value is -4.65. The Kier molecular flexibility index (Phi) is 4.83. The van der Waals surface area contributed by atoms with Crippen molar-refractivity contribution in [3.63, 3.8) is 0 Å². The number of pyridine rings is 2. The van der Waals surface area contributed by atoms with E-state index in [0.29, 0.717) is 49.5 Å². The molecule has 0 saturated carbocycles. The van der Waals surface area contributed by atoms with E-state index in [1.807, 2.05) is 6.92 Å². The first-order chi connectivity index (χ1) is 17.3. The lowest BCUT2D eigenvalue weighted by atomic mass is 10.3. The number of H-pyrrole nitrogens is 1. The number of fused-ring (bicyclic) bond motifs is 3. The molecule has 0 aliphatic rings. The smallest absolute Gasteiger partial charge is 0.347 e. The SMILES string of the molecule is CCc1[nH]c2nc(Oc3cc4ncn(C)c4[n+]([O-])c3)nc(Oc3cc4ncn(C)c4[n+](O)c3)c2c1Cl. The van der Waals surface area contributed by atoms with Gasteiger partial charge < -0.3 is 24.9 Å². The van der Waals surface area contributed by atoms with Gasteiger partial charge in [0, 0.05) is 17.8 Å². The molecule has 0 unspecified atom stereocenters. The summed E-state index contributed by atoms with van der Waals surface area (Å²) in [4.78, 5) is 20.5. The molecule has 0 atom stereocenters. The Morgan fingerprint density at radius 3 is 2.42 bits per heavy atom. The van der Waals surface area contributed by atoms with E-state index >= 15 is 0 Å². The molecule has 0 radical (unpaired) electrons. The van der Waals surface area contributed by atoms with Gasteiger partial charge in [0.15, 0.2) is 41.4 Å². The molecule has 0 aromatic carbocycles. The fraction of sp³-hybridized carbons (Fsp3) is 0.182. The summed E-state index contributed by atoms with van der Waals surface area (Å²) in [6.45, 7) is 1.95. The predicted molar refractivity (Wildman–Crippen MR) is 126 cm³/mol. The van der Waals surface area contributed by atoms with Gasteiger partial charge in [-0.15, -0.1) is 0 Å². The van der Waals surface area contributed by atoms with Gasteiger partial charge in [0.1, 0.15) is 17.2 Å². The number of nitrogens with one attached hydrogen (secondary N) is 1. The maximum Gasteiger partial charge on any atom is 0.347 e. The second-order valence-electron chi connectivity index (χ2n) is 8.16. The molecule has 182 valence electrons. The zero-order valence-electron chi connectivity index (χ0n) is 19.3. The summed E-state index contributed by atoms with van der Waals surface area (Å²) in [5.74, 6) is 0.551. The van der Waals surface area contributed by atoms with Gasteiger partial charge in [-0.1, -0.05) is 18.5 Å². The minimum atomic E-state index is -0.0795. The minimum absolute atomic E-state index is 0.0795. The fourth-order valence-corrected chi connectivity index (χ4v) is 4.44. The molecular weight excluding hydrogens is 490 g/mol. The van der Waals surface area contributed by atoms with Crippen LogP contribution in [-0.4, -0.2) is 39.3 Å². The molecule has 0 spiro atoms. The van der Waals surface area contributed by atoms with Crippen molar-refractivity contribution < 1.29 is 24.1 Å². The number of aromatic amines is 1. The topological polar surface area (TPSA) is 147 Å². The molecule has 6 rings (SSSR count). The van der Waals surface area contributed by atoms with Gasteiger partial charge in [-0.2, -0.15) is 9.97 Å². The predicted octanol–water partition coefficient (Wildman–Crippen LogP) is 2.69. The largest absolute Gasteiger partial charge is 0.710 e. The van der Waals surface area contributed by atoms with E-state index < -0.39 is 0 Å². The van der Waals surface area contributed by atoms with E-state index in [4.69, 9.17) is 21.1 Å². The van der Waals surface area contributed by atoms with E-state index in [9.17, 15) is 10.4 Å². The van der Waals surface area contributed by atoms with Crippen LogP contribution < -0.4 is 18.9 Å². The van der Waals surface area contributed by atoms with Gasteiger partial charge in [0.25, 0.3) is 0 Å². The van der Waals surface area contributed by atoms with E-state index in [1.165, 1.54) is 18.7 Å². The number of halogens is 1. The number of hydrogen-bond donors (Lipinski definition) is 2. The third kappa shape index (κ3) is 3.40. The lowest BCUT2D eigenvalue weighted by molar-refractivity contribution is -0.886. The Bertz CT molecular complexity index is 1810. The molecular formula is C22H19ClN9O4+. The number of aromatic nitrogens is 9. The van der Waals surface area contributed by atoms with Gasteiger partial charge in [-0.05, 0) is 11.2 Å². The third-order valence-electron chi connectivity index (χ3n) is 5.73. The molecule has 0 aliphatic heterocycles. The number of rotatable bonds is 5. The molecule has 0 amide bonds. The molecule has 6 aromatic heterocycles. The molecule has 0 fully saturated rings. The van der Waals surface area contributed by atoms with Gasteiger partial charge in [-0.25, -0.2) is 23.8 Å². The van der Waals surface area contributed by atoms with E-state index in [-0.39, 0.29) is 23.4 Å². The fourth-order valence-electron chi connectivity index (χ4n) is 4.09. The standard InChI is InChI=1S/C22H19ClN9O4/c1-4-13-17(23)16-18(26-13)27-22(36-12-6-15-21(32(34)8-12)30(3)10-25-15)28-19(16)35-11-5-14-20(31(33)7-11)29(2)9-24-14/h5-10,33H,4H2,1-3H3,(H,26,27,28)/q+1. The average molecular weight is 509 g/mol. The maximum atomic E-state index is 12.5. The van der Waals surface area contributed by atoms with Gasteiger partial charge in [0.2, 0.25) is 5.88 Å². The molecule has 14 heteroatoms. The van der Waals surface area contributed by atoms with Crippen LogP contribution in [0, 0.1) is 5.21 Å². The van der Waals surface area contributed by atoms with Crippen molar-refractivity contribution in [2.45, 2.75) is 13.3 Å². The Morgan fingerprint density at radius 1 is 1.03 bits per heavy atom. The first-order valence-electron chi connectivity index (χ1n) is 10.9. The van der Waals surface area contributed by atoms with Crippen LogP contribution >= 0.6 is 11.6 Å². The van der Waals surface area contributed by atoms with E-state index in [2.05, 4.69) is 24.9 Å². The highest BCUT2D eigenvalue weighted by atomic mass is 35.5. The molecule has 36 heavy (non-hydrogen) atoms. The zero-order chi connectivity index (χ0) is 25.1. The number of nitrogens with zero attached hydrogens (tertiary/aromatic N) is 8. The first kappa shape index (κ1) is 21.9. The van der Waals surface area contributed by atoms with Gasteiger partial charge in [-0.3, -0.25) is 0 Å². The molecule has 6 heterocycles. The Labute approximate surface area is 207 Å². The molecule has 0 aliphatic carbocycles. The average Bonchev–Trinajstić information content (AvgIpc) is 3.49. The van der Waals surface area contributed by atoms with Crippen molar-refractivity contribution in [2.75, 3.05) is 0 Å². The second-order valence-corrected chi connectivity index (χ2v) is 8.54. The van der Waals surface area contributed by atoms with Crippen LogP contribution in [0.2, 0.25) is 5.02 Å². The van der Waals surface area contributed by atoms with E-state index in [0.717, 1.165) is 10.4 Å². The number of hydrogen-bond acceptors (Lipinski definition) is 8. The third-order valence-corrected chi connectivity index (χ3v) is 6.15. The molecule has 2 N–H and O–H groups in total. The molecule has 6 aromatic rings. The van der Waals surface area contributed by atoms with Crippen LogP contribution in [0.25, 0.3) is 33.4 Å². The van der Waals surface area contributed by atoms with Gasteiger partial charge in [0.05, 0.1) is 19.1 Å². The van der Waals surface area contributed by atoms with Crippen molar-refractivity contribution in [1.29, 1.82) is 0 Å². The maximum absolute atomic E-state index is 12.5. The highest BCUT2D eigenvalue weighted by Crippen LogP contribution is 2.37. The first-order valence-corrected chi connectivity index (χ1v) is 11.2. The van der Waals surface area contributed by atoms with Crippen molar-refractivity contribution >= 4 is 45.0 Å². The van der Waals surface area contributed by atoms with Crippen molar-refractivity contribution in [3.05, 3.63) is 53.1 Å².